The van der Waals surface area contributed by atoms with E-state index in [1.807, 2.05) is 67.6 Å². The van der Waals surface area contributed by atoms with Gasteiger partial charge in [0.05, 0.1) is 5.69 Å². The standard InChI is InChI=1S/C24H26N4O/c1-17-25-22(18-9-4-2-5-10-18)16-23(26-17)27-20-13-8-14-21(15-20)28-24(29)19-11-6-3-7-12-19/h2,4-5,8-10,13-16,19H,3,6-7,11-12H2,1H3,(H,28,29)(H,25,26,27). The summed E-state index contributed by atoms with van der Waals surface area (Å²) in [5, 5.41) is 6.42. The van der Waals surface area contributed by atoms with Gasteiger partial charge in [0.1, 0.15) is 11.6 Å². The van der Waals surface area contributed by atoms with E-state index in [0.29, 0.717) is 5.82 Å². The third kappa shape index (κ3) is 4.99. The van der Waals surface area contributed by atoms with Crippen LogP contribution in [-0.4, -0.2) is 15.9 Å². The van der Waals surface area contributed by atoms with E-state index >= 15 is 0 Å². The van der Waals surface area contributed by atoms with E-state index in [-0.39, 0.29) is 11.8 Å². The van der Waals surface area contributed by atoms with Crippen LogP contribution in [-0.2, 0) is 4.79 Å². The van der Waals surface area contributed by atoms with Gasteiger partial charge in [0.2, 0.25) is 5.91 Å². The number of rotatable bonds is 5. The summed E-state index contributed by atoms with van der Waals surface area (Å²) in [4.78, 5) is 21.6. The van der Waals surface area contributed by atoms with Crippen LogP contribution >= 0.6 is 0 Å². The average Bonchev–Trinajstić information content (AvgIpc) is 2.75. The molecule has 3 aromatic rings. The van der Waals surface area contributed by atoms with Gasteiger partial charge in [-0.3, -0.25) is 4.79 Å². The van der Waals surface area contributed by atoms with Gasteiger partial charge in [0.25, 0.3) is 0 Å². The van der Waals surface area contributed by atoms with E-state index < -0.39 is 0 Å². The van der Waals surface area contributed by atoms with E-state index in [1.54, 1.807) is 0 Å². The first kappa shape index (κ1) is 19.1. The second kappa shape index (κ2) is 8.86. The fourth-order valence-electron chi connectivity index (χ4n) is 3.82. The molecule has 1 saturated carbocycles. The summed E-state index contributed by atoms with van der Waals surface area (Å²) in [7, 11) is 0. The van der Waals surface area contributed by atoms with Crippen LogP contribution in [0.4, 0.5) is 17.2 Å². The number of carbonyl (C=O) groups excluding carboxylic acids is 1. The number of anilines is 3. The Morgan fingerprint density at radius 2 is 1.66 bits per heavy atom. The van der Waals surface area contributed by atoms with Crippen molar-refractivity contribution in [3.63, 3.8) is 0 Å². The van der Waals surface area contributed by atoms with Crippen molar-refractivity contribution in [1.29, 1.82) is 0 Å². The summed E-state index contributed by atoms with van der Waals surface area (Å²) in [5.74, 6) is 1.70. The predicted octanol–water partition coefficient (Wildman–Crippen LogP) is 5.71. The molecule has 1 aliphatic carbocycles. The van der Waals surface area contributed by atoms with Gasteiger partial charge in [-0.25, -0.2) is 9.97 Å². The second-order valence-corrected chi connectivity index (χ2v) is 7.58. The molecule has 0 aliphatic heterocycles. The van der Waals surface area contributed by atoms with Crippen molar-refractivity contribution in [1.82, 2.24) is 9.97 Å². The number of aromatic nitrogens is 2. The van der Waals surface area contributed by atoms with Crippen LogP contribution in [0.2, 0.25) is 0 Å². The highest BCUT2D eigenvalue weighted by molar-refractivity contribution is 5.93. The highest BCUT2D eigenvalue weighted by Gasteiger charge is 2.21. The van der Waals surface area contributed by atoms with Crippen LogP contribution in [0.1, 0.15) is 37.9 Å². The zero-order valence-corrected chi connectivity index (χ0v) is 16.7. The van der Waals surface area contributed by atoms with E-state index in [2.05, 4.69) is 20.6 Å². The van der Waals surface area contributed by atoms with E-state index in [4.69, 9.17) is 0 Å². The SMILES string of the molecule is Cc1nc(Nc2cccc(NC(=O)C3CCCCC3)c2)cc(-c2ccccc2)n1. The number of hydrogen-bond donors (Lipinski definition) is 2. The highest BCUT2D eigenvalue weighted by Crippen LogP contribution is 2.26. The zero-order valence-electron chi connectivity index (χ0n) is 16.7. The van der Waals surface area contributed by atoms with Crippen molar-refractivity contribution in [3.05, 3.63) is 66.5 Å². The number of nitrogens with zero attached hydrogens (tertiary/aromatic N) is 2. The Morgan fingerprint density at radius 1 is 0.897 bits per heavy atom. The van der Waals surface area contributed by atoms with Crippen molar-refractivity contribution in [2.45, 2.75) is 39.0 Å². The van der Waals surface area contributed by atoms with E-state index in [9.17, 15) is 4.79 Å². The third-order valence-electron chi connectivity index (χ3n) is 5.29. The zero-order chi connectivity index (χ0) is 20.1. The number of carbonyl (C=O) groups is 1. The van der Waals surface area contributed by atoms with Crippen LogP contribution in [0.3, 0.4) is 0 Å². The third-order valence-corrected chi connectivity index (χ3v) is 5.29. The normalized spacial score (nSPS) is 14.4. The first-order valence-corrected chi connectivity index (χ1v) is 10.3. The molecule has 29 heavy (non-hydrogen) atoms. The number of amides is 1. The van der Waals surface area contributed by atoms with Gasteiger partial charge >= 0.3 is 0 Å². The lowest BCUT2D eigenvalue weighted by atomic mass is 9.88. The maximum absolute atomic E-state index is 12.5. The fourth-order valence-corrected chi connectivity index (χ4v) is 3.82. The molecule has 0 spiro atoms. The van der Waals surface area contributed by atoms with Gasteiger partial charge in [-0.1, -0.05) is 55.7 Å². The topological polar surface area (TPSA) is 66.9 Å². The van der Waals surface area contributed by atoms with Gasteiger partial charge in [-0.05, 0) is 38.0 Å². The maximum atomic E-state index is 12.5. The minimum Gasteiger partial charge on any atom is -0.340 e. The van der Waals surface area contributed by atoms with Crippen LogP contribution < -0.4 is 10.6 Å². The van der Waals surface area contributed by atoms with Crippen molar-refractivity contribution < 1.29 is 4.79 Å². The van der Waals surface area contributed by atoms with Crippen molar-refractivity contribution in [2.24, 2.45) is 5.92 Å². The smallest absolute Gasteiger partial charge is 0.227 e. The lowest BCUT2D eigenvalue weighted by Crippen LogP contribution is -2.24. The maximum Gasteiger partial charge on any atom is 0.227 e. The van der Waals surface area contributed by atoms with Gasteiger partial charge in [-0.15, -0.1) is 0 Å². The number of aryl methyl sites for hydroxylation is 1. The summed E-state index contributed by atoms with van der Waals surface area (Å²) in [6.45, 7) is 1.89. The Labute approximate surface area is 171 Å². The lowest BCUT2D eigenvalue weighted by Gasteiger charge is -2.21. The lowest BCUT2D eigenvalue weighted by molar-refractivity contribution is -0.120. The molecule has 1 heterocycles. The molecular weight excluding hydrogens is 360 g/mol. The molecule has 1 amide bonds. The molecule has 1 fully saturated rings. The van der Waals surface area contributed by atoms with Gasteiger partial charge in [-0.2, -0.15) is 0 Å². The predicted molar refractivity (Wildman–Crippen MR) is 117 cm³/mol. The molecule has 148 valence electrons. The molecule has 0 radical (unpaired) electrons. The molecule has 2 aromatic carbocycles. The van der Waals surface area contributed by atoms with Gasteiger partial charge in [0.15, 0.2) is 0 Å². The Hall–Kier alpha value is -3.21. The van der Waals surface area contributed by atoms with Crippen LogP contribution in [0, 0.1) is 12.8 Å². The Kier molecular flexibility index (Phi) is 5.84. The molecule has 5 heteroatoms. The molecule has 5 nitrogen and oxygen atoms in total. The summed E-state index contributed by atoms with van der Waals surface area (Å²) < 4.78 is 0. The summed E-state index contributed by atoms with van der Waals surface area (Å²) in [6, 6.07) is 19.8. The Bertz CT molecular complexity index is 981. The fraction of sp³-hybridized carbons (Fsp3) is 0.292. The molecule has 0 saturated heterocycles. The largest absolute Gasteiger partial charge is 0.340 e. The first-order valence-electron chi connectivity index (χ1n) is 10.3. The molecule has 0 bridgehead atoms. The minimum absolute atomic E-state index is 0.131. The average molecular weight is 386 g/mol. The van der Waals surface area contributed by atoms with Crippen molar-refractivity contribution in [3.8, 4) is 11.3 Å². The molecule has 4 rings (SSSR count). The molecule has 1 aliphatic rings. The first-order chi connectivity index (χ1) is 14.2. The highest BCUT2D eigenvalue weighted by atomic mass is 16.1. The number of benzene rings is 2. The molecule has 0 atom stereocenters. The van der Waals surface area contributed by atoms with E-state index in [0.717, 1.165) is 54.1 Å². The van der Waals surface area contributed by atoms with Gasteiger partial charge in [0, 0.05) is 28.9 Å². The van der Waals surface area contributed by atoms with Crippen LogP contribution in [0.15, 0.2) is 60.7 Å². The Balaban J connectivity index is 1.49. The molecule has 1 aromatic heterocycles. The van der Waals surface area contributed by atoms with Crippen LogP contribution in [0.25, 0.3) is 11.3 Å². The Morgan fingerprint density at radius 3 is 2.45 bits per heavy atom. The molecule has 0 unspecified atom stereocenters. The van der Waals surface area contributed by atoms with Crippen molar-refractivity contribution >= 4 is 23.1 Å². The number of nitrogens with one attached hydrogen (secondary N) is 2. The summed E-state index contributed by atoms with van der Waals surface area (Å²) in [5.41, 5.74) is 3.61. The molecule has 2 N–H and O–H groups in total. The minimum atomic E-state index is 0.131. The monoisotopic (exact) mass is 386 g/mol. The van der Waals surface area contributed by atoms with Crippen LogP contribution in [0.5, 0.6) is 0 Å². The number of hydrogen-bond acceptors (Lipinski definition) is 4. The second-order valence-electron chi connectivity index (χ2n) is 7.58. The molecular formula is C24H26N4O. The summed E-state index contributed by atoms with van der Waals surface area (Å²) in [6.07, 6.45) is 5.53. The quantitative estimate of drug-likeness (QED) is 0.589. The summed E-state index contributed by atoms with van der Waals surface area (Å²) >= 11 is 0. The van der Waals surface area contributed by atoms with Gasteiger partial charge < -0.3 is 10.6 Å². The van der Waals surface area contributed by atoms with E-state index in [1.165, 1.54) is 6.42 Å². The van der Waals surface area contributed by atoms with Crippen molar-refractivity contribution in [2.75, 3.05) is 10.6 Å².